The van der Waals surface area contributed by atoms with Gasteiger partial charge < -0.3 is 19.9 Å². The molecule has 0 spiro atoms. The van der Waals surface area contributed by atoms with Crippen LogP contribution in [0.4, 0.5) is 0 Å². The van der Waals surface area contributed by atoms with E-state index in [9.17, 15) is 0 Å². The molecule has 3 atom stereocenters. The van der Waals surface area contributed by atoms with E-state index in [-0.39, 0.29) is 5.41 Å². The lowest BCUT2D eigenvalue weighted by Gasteiger charge is -2.54. The fourth-order valence-electron chi connectivity index (χ4n) is 3.73. The Kier molecular flexibility index (Phi) is 3.84. The largest absolute Gasteiger partial charge is 0.377 e. The molecule has 1 saturated heterocycles. The summed E-state index contributed by atoms with van der Waals surface area (Å²) in [6.45, 7) is 7.95. The number of hydrogen-bond donors (Lipinski definition) is 2. The van der Waals surface area contributed by atoms with Crippen molar-refractivity contribution in [1.29, 1.82) is 0 Å². The van der Waals surface area contributed by atoms with E-state index >= 15 is 0 Å². The number of ether oxygens (including phenoxy) is 1. The Bertz CT molecular complexity index is 579. The second kappa shape index (κ2) is 5.53. The zero-order valence-electron chi connectivity index (χ0n) is 14.1. The first-order chi connectivity index (χ1) is 10.4. The Hall–Kier alpha value is -1.63. The molecule has 2 aliphatic rings. The molecule has 3 rings (SSSR count). The molecule has 3 unspecified atom stereocenters. The first-order valence-corrected chi connectivity index (χ1v) is 7.88. The van der Waals surface area contributed by atoms with Gasteiger partial charge in [0.25, 0.3) is 0 Å². The van der Waals surface area contributed by atoms with Crippen molar-refractivity contribution >= 4 is 5.96 Å². The summed E-state index contributed by atoms with van der Waals surface area (Å²) in [4.78, 5) is 4.34. The average molecular weight is 306 g/mol. The Morgan fingerprint density at radius 1 is 1.45 bits per heavy atom. The van der Waals surface area contributed by atoms with Crippen molar-refractivity contribution < 1.29 is 4.74 Å². The zero-order chi connectivity index (χ0) is 15.9. The van der Waals surface area contributed by atoms with Gasteiger partial charge in [-0.05, 0) is 13.3 Å². The smallest absolute Gasteiger partial charge is 0.191 e. The fraction of sp³-hybridized carbons (Fsp3) is 0.800. The summed E-state index contributed by atoms with van der Waals surface area (Å²) in [6, 6.07) is 0.396. The van der Waals surface area contributed by atoms with Gasteiger partial charge in [-0.25, -0.2) is 0 Å². The quantitative estimate of drug-likeness (QED) is 0.632. The summed E-state index contributed by atoms with van der Waals surface area (Å²) in [7, 11) is 3.77. The van der Waals surface area contributed by atoms with Crippen molar-refractivity contribution in [1.82, 2.24) is 25.4 Å². The number of fused-ring (bicyclic) bond motifs is 1. The number of aromatic nitrogens is 3. The molecule has 0 radical (unpaired) electrons. The number of nitrogens with zero attached hydrogens (tertiary/aromatic N) is 4. The van der Waals surface area contributed by atoms with Crippen molar-refractivity contribution in [3.05, 3.63) is 11.6 Å². The number of aryl methyl sites for hydroxylation is 1. The maximum atomic E-state index is 5.84. The van der Waals surface area contributed by atoms with Crippen molar-refractivity contribution in [2.24, 2.45) is 23.4 Å². The highest BCUT2D eigenvalue weighted by atomic mass is 16.5. The Balaban J connectivity index is 1.60. The van der Waals surface area contributed by atoms with Crippen LogP contribution in [0, 0.1) is 18.3 Å². The van der Waals surface area contributed by atoms with Gasteiger partial charge in [0.2, 0.25) is 0 Å². The highest BCUT2D eigenvalue weighted by Gasteiger charge is 2.59. The van der Waals surface area contributed by atoms with Crippen molar-refractivity contribution in [2.75, 3.05) is 13.7 Å². The van der Waals surface area contributed by atoms with E-state index in [2.05, 4.69) is 39.7 Å². The summed E-state index contributed by atoms with van der Waals surface area (Å²) in [5.74, 6) is 3.20. The minimum atomic E-state index is 0.139. The average Bonchev–Trinajstić information content (AvgIpc) is 3.07. The Labute approximate surface area is 131 Å². The fourth-order valence-corrected chi connectivity index (χ4v) is 3.73. The van der Waals surface area contributed by atoms with Crippen LogP contribution in [0.1, 0.15) is 31.9 Å². The van der Waals surface area contributed by atoms with Gasteiger partial charge in [0.05, 0.1) is 12.6 Å². The summed E-state index contributed by atoms with van der Waals surface area (Å²) in [5.41, 5.74) is 0.139. The Morgan fingerprint density at radius 3 is 2.86 bits per heavy atom. The summed E-state index contributed by atoms with van der Waals surface area (Å²) in [5, 5.41) is 15.1. The van der Waals surface area contributed by atoms with Crippen molar-refractivity contribution in [2.45, 2.75) is 45.9 Å². The third-order valence-electron chi connectivity index (χ3n) is 5.21. The lowest BCUT2D eigenvalue weighted by atomic mass is 9.57. The lowest BCUT2D eigenvalue weighted by molar-refractivity contribution is -0.106. The molecular weight excluding hydrogens is 280 g/mol. The van der Waals surface area contributed by atoms with Crippen LogP contribution in [-0.4, -0.2) is 46.5 Å². The topological polar surface area (TPSA) is 76.4 Å². The predicted molar refractivity (Wildman–Crippen MR) is 84.5 cm³/mol. The summed E-state index contributed by atoms with van der Waals surface area (Å²) >= 11 is 0. The van der Waals surface area contributed by atoms with Crippen LogP contribution in [0.2, 0.25) is 0 Å². The van der Waals surface area contributed by atoms with E-state index in [4.69, 9.17) is 4.74 Å². The van der Waals surface area contributed by atoms with Crippen LogP contribution in [0.25, 0.3) is 0 Å². The van der Waals surface area contributed by atoms with E-state index in [1.807, 2.05) is 18.5 Å². The highest BCUT2D eigenvalue weighted by Crippen LogP contribution is 2.52. The minimum Gasteiger partial charge on any atom is -0.377 e. The van der Waals surface area contributed by atoms with Crippen LogP contribution >= 0.6 is 0 Å². The SMILES string of the molecule is CN=C(NCc1nnc(C)n1C)NC1C2CCOC2C1(C)C. The molecule has 2 heterocycles. The maximum absolute atomic E-state index is 5.84. The molecule has 0 aromatic carbocycles. The second-order valence-corrected chi connectivity index (χ2v) is 6.84. The predicted octanol–water partition coefficient (Wildman–Crippen LogP) is 0.602. The standard InChI is InChI=1S/C15H26N6O/c1-9-19-20-11(21(9)5)8-17-14(16-4)18-12-10-6-7-22-13(10)15(12,2)3/h10,12-13H,6-8H2,1-5H3,(H2,16,17,18). The van der Waals surface area contributed by atoms with E-state index in [0.717, 1.165) is 30.6 Å². The van der Waals surface area contributed by atoms with Gasteiger partial charge in [0.15, 0.2) is 11.8 Å². The van der Waals surface area contributed by atoms with Crippen molar-refractivity contribution in [3.8, 4) is 0 Å². The van der Waals surface area contributed by atoms with Crippen LogP contribution in [0.15, 0.2) is 4.99 Å². The molecule has 7 nitrogen and oxygen atoms in total. The minimum absolute atomic E-state index is 0.139. The zero-order valence-corrected chi connectivity index (χ0v) is 14.1. The van der Waals surface area contributed by atoms with Crippen LogP contribution in [0.3, 0.4) is 0 Å². The molecule has 2 N–H and O–H groups in total. The summed E-state index contributed by atoms with van der Waals surface area (Å²) in [6.07, 6.45) is 1.51. The third-order valence-corrected chi connectivity index (χ3v) is 5.21. The second-order valence-electron chi connectivity index (χ2n) is 6.84. The molecule has 0 amide bonds. The molecule has 122 valence electrons. The number of rotatable bonds is 3. The van der Waals surface area contributed by atoms with E-state index < -0.39 is 0 Å². The molecule has 22 heavy (non-hydrogen) atoms. The van der Waals surface area contributed by atoms with E-state index in [0.29, 0.717) is 24.6 Å². The van der Waals surface area contributed by atoms with Crippen LogP contribution in [-0.2, 0) is 18.3 Å². The van der Waals surface area contributed by atoms with Gasteiger partial charge in [-0.3, -0.25) is 4.99 Å². The molecule has 0 bridgehead atoms. The molecule has 1 aliphatic carbocycles. The van der Waals surface area contributed by atoms with Gasteiger partial charge in [0, 0.05) is 38.1 Å². The van der Waals surface area contributed by atoms with E-state index in [1.54, 1.807) is 7.05 Å². The van der Waals surface area contributed by atoms with Gasteiger partial charge in [-0.15, -0.1) is 10.2 Å². The van der Waals surface area contributed by atoms with Crippen LogP contribution in [0.5, 0.6) is 0 Å². The number of hydrogen-bond acceptors (Lipinski definition) is 4. The monoisotopic (exact) mass is 306 g/mol. The van der Waals surface area contributed by atoms with Gasteiger partial charge in [-0.1, -0.05) is 13.8 Å². The lowest BCUT2D eigenvalue weighted by Crippen LogP contribution is -2.67. The summed E-state index contributed by atoms with van der Waals surface area (Å²) < 4.78 is 7.82. The first-order valence-electron chi connectivity index (χ1n) is 7.88. The Morgan fingerprint density at radius 2 is 2.23 bits per heavy atom. The third kappa shape index (κ3) is 2.37. The first kappa shape index (κ1) is 15.3. The number of aliphatic imine (C=N–C) groups is 1. The molecule has 2 fully saturated rings. The molecule has 1 aromatic heterocycles. The maximum Gasteiger partial charge on any atom is 0.191 e. The molecule has 1 aromatic rings. The van der Waals surface area contributed by atoms with Gasteiger partial charge >= 0.3 is 0 Å². The molecule has 1 aliphatic heterocycles. The normalized spacial score (nSPS) is 29.9. The number of nitrogens with one attached hydrogen (secondary N) is 2. The van der Waals surface area contributed by atoms with Gasteiger partial charge in [-0.2, -0.15) is 0 Å². The van der Waals surface area contributed by atoms with Crippen LogP contribution < -0.4 is 10.6 Å². The van der Waals surface area contributed by atoms with E-state index in [1.165, 1.54) is 0 Å². The molecule has 1 saturated carbocycles. The number of guanidine groups is 1. The highest BCUT2D eigenvalue weighted by molar-refractivity contribution is 5.80. The molecular formula is C15H26N6O. The molecule has 7 heteroatoms. The van der Waals surface area contributed by atoms with Crippen molar-refractivity contribution in [3.63, 3.8) is 0 Å². The van der Waals surface area contributed by atoms with Gasteiger partial charge in [0.1, 0.15) is 5.82 Å².